The number of hydrogen-bond donors (Lipinski definition) is 1. The Kier molecular flexibility index (Phi) is 7.17. The fourth-order valence-corrected chi connectivity index (χ4v) is 4.45. The number of furan rings is 1. The first-order valence-corrected chi connectivity index (χ1v) is 12.4. The number of hydrogen-bond acceptors (Lipinski definition) is 4. The van der Waals surface area contributed by atoms with Gasteiger partial charge in [0.05, 0.1) is 0 Å². The van der Waals surface area contributed by atoms with Crippen molar-refractivity contribution < 1.29 is 14.0 Å². The van der Waals surface area contributed by atoms with Crippen LogP contribution in [0.15, 0.2) is 101 Å². The fourth-order valence-electron chi connectivity index (χ4n) is 4.45. The highest BCUT2D eigenvalue weighted by atomic mass is 16.3. The minimum Gasteiger partial charge on any atom is -0.457 e. The van der Waals surface area contributed by atoms with Crippen LogP contribution in [0.2, 0.25) is 0 Å². The molecule has 6 heteroatoms. The number of rotatable bonds is 6. The Morgan fingerprint density at radius 2 is 1.51 bits per heavy atom. The van der Waals surface area contributed by atoms with Crippen molar-refractivity contribution >= 4 is 29.3 Å². The highest BCUT2D eigenvalue weighted by Crippen LogP contribution is 2.23. The van der Waals surface area contributed by atoms with Crippen LogP contribution < -0.4 is 10.2 Å². The van der Waals surface area contributed by atoms with E-state index in [4.69, 9.17) is 4.42 Å². The lowest BCUT2D eigenvalue weighted by molar-refractivity contribution is -0.111. The van der Waals surface area contributed by atoms with Crippen LogP contribution in [-0.2, 0) is 4.79 Å². The monoisotopic (exact) mass is 491 g/mol. The minimum atomic E-state index is -0.228. The number of carbonyl (C=O) groups is 2. The average Bonchev–Trinajstić information content (AvgIpc) is 3.42. The molecule has 5 rings (SSSR count). The molecule has 1 fully saturated rings. The summed E-state index contributed by atoms with van der Waals surface area (Å²) in [4.78, 5) is 29.5. The summed E-state index contributed by atoms with van der Waals surface area (Å²) in [6.07, 6.45) is 3.13. The average molecular weight is 492 g/mol. The third kappa shape index (κ3) is 5.81. The smallest absolute Gasteiger partial charge is 0.254 e. The Morgan fingerprint density at radius 1 is 0.811 bits per heavy atom. The number of piperazine rings is 1. The van der Waals surface area contributed by atoms with E-state index in [1.807, 2.05) is 103 Å². The van der Waals surface area contributed by atoms with Crippen LogP contribution in [0, 0.1) is 6.92 Å². The maximum absolute atomic E-state index is 12.9. The molecule has 0 saturated carbocycles. The maximum atomic E-state index is 12.9. The summed E-state index contributed by atoms with van der Waals surface area (Å²) in [6.45, 7) is 4.85. The molecular weight excluding hydrogens is 462 g/mol. The van der Waals surface area contributed by atoms with Crippen molar-refractivity contribution in [1.29, 1.82) is 0 Å². The van der Waals surface area contributed by atoms with Crippen molar-refractivity contribution in [3.8, 4) is 11.3 Å². The Hall–Kier alpha value is -4.58. The van der Waals surface area contributed by atoms with Gasteiger partial charge in [-0.2, -0.15) is 0 Å². The molecule has 1 aliphatic heterocycles. The summed E-state index contributed by atoms with van der Waals surface area (Å²) in [5, 5.41) is 2.89. The second-order valence-corrected chi connectivity index (χ2v) is 9.03. The van der Waals surface area contributed by atoms with Crippen LogP contribution in [0.1, 0.15) is 21.7 Å². The van der Waals surface area contributed by atoms with Crippen LogP contribution >= 0.6 is 0 Å². The van der Waals surface area contributed by atoms with Gasteiger partial charge in [-0.25, -0.2) is 0 Å². The van der Waals surface area contributed by atoms with Gasteiger partial charge in [0, 0.05) is 54.8 Å². The molecule has 1 aliphatic rings. The molecule has 6 nitrogen and oxygen atoms in total. The maximum Gasteiger partial charge on any atom is 0.254 e. The van der Waals surface area contributed by atoms with Gasteiger partial charge in [-0.15, -0.1) is 0 Å². The molecule has 0 unspecified atom stereocenters. The van der Waals surface area contributed by atoms with Crippen molar-refractivity contribution in [3.05, 3.63) is 114 Å². The lowest BCUT2D eigenvalue weighted by Gasteiger charge is -2.36. The standard InChI is InChI=1S/C31H29N3O3/c1-23-7-5-6-10-28(23)31(36)34-21-19-33(20-22-34)26-13-11-25(12-14-26)32-30(35)18-16-27-15-17-29(37-27)24-8-3-2-4-9-24/h2-18H,19-22H2,1H3,(H,32,35)/b18-16+. The van der Waals surface area contributed by atoms with Gasteiger partial charge < -0.3 is 19.5 Å². The van der Waals surface area contributed by atoms with Gasteiger partial charge in [-0.05, 0) is 61.0 Å². The van der Waals surface area contributed by atoms with Gasteiger partial charge in [-0.1, -0.05) is 48.5 Å². The largest absolute Gasteiger partial charge is 0.457 e. The third-order valence-electron chi connectivity index (χ3n) is 6.53. The quantitative estimate of drug-likeness (QED) is 0.343. The summed E-state index contributed by atoms with van der Waals surface area (Å²) in [5.41, 5.74) is 4.56. The molecule has 37 heavy (non-hydrogen) atoms. The first kappa shape index (κ1) is 24.1. The lowest BCUT2D eigenvalue weighted by atomic mass is 10.1. The summed E-state index contributed by atoms with van der Waals surface area (Å²) < 4.78 is 5.81. The second-order valence-electron chi connectivity index (χ2n) is 9.03. The number of nitrogens with zero attached hydrogens (tertiary/aromatic N) is 2. The molecule has 0 radical (unpaired) electrons. The first-order chi connectivity index (χ1) is 18.1. The molecule has 3 aromatic carbocycles. The first-order valence-electron chi connectivity index (χ1n) is 12.4. The predicted molar refractivity (Wildman–Crippen MR) is 148 cm³/mol. The van der Waals surface area contributed by atoms with Crippen molar-refractivity contribution in [2.45, 2.75) is 6.92 Å². The van der Waals surface area contributed by atoms with E-state index in [2.05, 4.69) is 10.2 Å². The topological polar surface area (TPSA) is 65.8 Å². The molecular formula is C31H29N3O3. The van der Waals surface area contributed by atoms with E-state index >= 15 is 0 Å². The van der Waals surface area contributed by atoms with Gasteiger partial charge in [0.1, 0.15) is 11.5 Å². The van der Waals surface area contributed by atoms with Gasteiger partial charge >= 0.3 is 0 Å². The molecule has 0 spiro atoms. The number of carbonyl (C=O) groups excluding carboxylic acids is 2. The van der Waals surface area contributed by atoms with E-state index in [0.717, 1.165) is 46.9 Å². The molecule has 1 saturated heterocycles. The zero-order valence-corrected chi connectivity index (χ0v) is 20.8. The van der Waals surface area contributed by atoms with E-state index in [-0.39, 0.29) is 11.8 Å². The predicted octanol–water partition coefficient (Wildman–Crippen LogP) is 5.87. The fraction of sp³-hybridized carbons (Fsp3) is 0.161. The van der Waals surface area contributed by atoms with Crippen molar-refractivity contribution in [3.63, 3.8) is 0 Å². The zero-order chi connectivity index (χ0) is 25.6. The molecule has 4 aromatic rings. The van der Waals surface area contributed by atoms with E-state index in [1.54, 1.807) is 6.08 Å². The normalized spacial score (nSPS) is 13.6. The molecule has 1 aromatic heterocycles. The summed E-state index contributed by atoms with van der Waals surface area (Å²) in [7, 11) is 0. The molecule has 0 bridgehead atoms. The number of benzene rings is 3. The SMILES string of the molecule is Cc1ccccc1C(=O)N1CCN(c2ccc(NC(=O)/C=C/c3ccc(-c4ccccc4)o3)cc2)CC1. The molecule has 186 valence electrons. The minimum absolute atomic E-state index is 0.0923. The van der Waals surface area contributed by atoms with Crippen LogP contribution in [0.5, 0.6) is 0 Å². The highest BCUT2D eigenvalue weighted by molar-refractivity contribution is 6.01. The Labute approximate surface area is 216 Å². The van der Waals surface area contributed by atoms with Gasteiger partial charge in [-0.3, -0.25) is 9.59 Å². The van der Waals surface area contributed by atoms with Crippen LogP contribution in [0.4, 0.5) is 11.4 Å². The second kappa shape index (κ2) is 11.0. The number of nitrogens with one attached hydrogen (secondary N) is 1. The lowest BCUT2D eigenvalue weighted by Crippen LogP contribution is -2.48. The van der Waals surface area contributed by atoms with Crippen LogP contribution in [0.25, 0.3) is 17.4 Å². The van der Waals surface area contributed by atoms with Crippen LogP contribution in [0.3, 0.4) is 0 Å². The van der Waals surface area contributed by atoms with Gasteiger partial charge in [0.2, 0.25) is 5.91 Å². The van der Waals surface area contributed by atoms with Crippen molar-refractivity contribution in [2.75, 3.05) is 36.4 Å². The molecule has 2 heterocycles. The molecule has 0 atom stereocenters. The van der Waals surface area contributed by atoms with E-state index in [9.17, 15) is 9.59 Å². The highest BCUT2D eigenvalue weighted by Gasteiger charge is 2.23. The van der Waals surface area contributed by atoms with Crippen molar-refractivity contribution in [2.24, 2.45) is 0 Å². The molecule has 0 aliphatic carbocycles. The Bertz CT molecular complexity index is 1400. The van der Waals surface area contributed by atoms with Gasteiger partial charge in [0.15, 0.2) is 0 Å². The van der Waals surface area contributed by atoms with E-state index in [1.165, 1.54) is 6.08 Å². The van der Waals surface area contributed by atoms with Crippen LogP contribution in [-0.4, -0.2) is 42.9 Å². The molecule has 1 N–H and O–H groups in total. The summed E-state index contributed by atoms with van der Waals surface area (Å²) in [6, 6.07) is 29.1. The number of amides is 2. The Morgan fingerprint density at radius 3 is 2.24 bits per heavy atom. The number of anilines is 2. The third-order valence-corrected chi connectivity index (χ3v) is 6.53. The van der Waals surface area contributed by atoms with E-state index < -0.39 is 0 Å². The Balaban J connectivity index is 1.13. The zero-order valence-electron chi connectivity index (χ0n) is 20.8. The van der Waals surface area contributed by atoms with E-state index in [0.29, 0.717) is 18.8 Å². The van der Waals surface area contributed by atoms with Crippen molar-refractivity contribution in [1.82, 2.24) is 4.90 Å². The summed E-state index contributed by atoms with van der Waals surface area (Å²) >= 11 is 0. The van der Waals surface area contributed by atoms with Gasteiger partial charge in [0.25, 0.3) is 5.91 Å². The molecule has 2 amide bonds. The number of aryl methyl sites for hydroxylation is 1. The summed E-state index contributed by atoms with van der Waals surface area (Å²) in [5.74, 6) is 1.24.